The van der Waals surface area contributed by atoms with Gasteiger partial charge in [-0.05, 0) is 31.4 Å². The van der Waals surface area contributed by atoms with E-state index in [4.69, 9.17) is 5.73 Å². The van der Waals surface area contributed by atoms with E-state index in [1.165, 1.54) is 6.42 Å². The van der Waals surface area contributed by atoms with Crippen LogP contribution in [0.2, 0.25) is 0 Å². The van der Waals surface area contributed by atoms with Crippen LogP contribution in [0.5, 0.6) is 0 Å². The Hall–Kier alpha value is -1.22. The molecule has 1 saturated carbocycles. The highest BCUT2D eigenvalue weighted by molar-refractivity contribution is 5.99. The summed E-state index contributed by atoms with van der Waals surface area (Å²) in [4.78, 5) is 16.5. The molecule has 2 N–H and O–H groups in total. The Labute approximate surface area is 102 Å². The average Bonchev–Trinajstić information content (AvgIpc) is 2.54. The van der Waals surface area contributed by atoms with Crippen LogP contribution in [-0.4, -0.2) is 16.8 Å². The summed E-state index contributed by atoms with van der Waals surface area (Å²) in [5.74, 6) is 0.172. The summed E-state index contributed by atoms with van der Waals surface area (Å²) in [6.07, 6.45) is 8.75. The number of carbonyl (C=O) groups is 1. The number of aromatic nitrogens is 1. The van der Waals surface area contributed by atoms with Crippen molar-refractivity contribution in [3.05, 3.63) is 29.6 Å². The molecule has 0 aromatic carbocycles. The maximum atomic E-state index is 12.5. The van der Waals surface area contributed by atoms with Gasteiger partial charge in [0, 0.05) is 29.9 Å². The van der Waals surface area contributed by atoms with E-state index in [1.54, 1.807) is 12.4 Å². The van der Waals surface area contributed by atoms with Crippen molar-refractivity contribution in [2.24, 2.45) is 11.7 Å². The van der Waals surface area contributed by atoms with Crippen molar-refractivity contribution in [3.63, 3.8) is 0 Å². The molecule has 92 valence electrons. The summed E-state index contributed by atoms with van der Waals surface area (Å²) in [5.41, 5.74) is 7.87. The molecule has 0 spiro atoms. The number of Topliss-reactive ketones (excluding diaryl/α,β-unsaturated/α-hetero) is 1. The summed E-state index contributed by atoms with van der Waals surface area (Å²) >= 11 is 0. The van der Waals surface area contributed by atoms with Crippen LogP contribution in [-0.2, 0) is 0 Å². The number of nitrogens with zero attached hydrogens (tertiary/aromatic N) is 1. The molecule has 3 heteroatoms. The fraction of sp³-hybridized carbons (Fsp3) is 0.571. The first-order chi connectivity index (χ1) is 8.20. The summed E-state index contributed by atoms with van der Waals surface area (Å²) in [6.45, 7) is 1.96. The number of nitrogens with two attached hydrogens (primary N) is 1. The maximum Gasteiger partial charge on any atom is 0.169 e. The summed E-state index contributed by atoms with van der Waals surface area (Å²) in [6, 6.07) is 1.90. The summed E-state index contributed by atoms with van der Waals surface area (Å²) in [5, 5.41) is 0. The molecule has 0 saturated heterocycles. The fourth-order valence-corrected chi connectivity index (χ4v) is 2.58. The van der Waals surface area contributed by atoms with Gasteiger partial charge in [0.25, 0.3) is 0 Å². The lowest BCUT2D eigenvalue weighted by Crippen LogP contribution is -2.35. The van der Waals surface area contributed by atoms with Gasteiger partial charge >= 0.3 is 0 Å². The maximum absolute atomic E-state index is 12.5. The van der Waals surface area contributed by atoms with Gasteiger partial charge in [-0.1, -0.05) is 19.3 Å². The lowest BCUT2D eigenvalue weighted by atomic mass is 9.87. The van der Waals surface area contributed by atoms with E-state index in [2.05, 4.69) is 4.98 Å². The third-order valence-electron chi connectivity index (χ3n) is 3.71. The second kappa shape index (κ2) is 5.41. The Balaban J connectivity index is 2.21. The molecule has 1 heterocycles. The van der Waals surface area contributed by atoms with Gasteiger partial charge < -0.3 is 5.73 Å². The molecule has 1 aliphatic rings. The van der Waals surface area contributed by atoms with E-state index >= 15 is 0 Å². The molecule has 3 nitrogen and oxygen atoms in total. The zero-order chi connectivity index (χ0) is 12.3. The van der Waals surface area contributed by atoms with Gasteiger partial charge in [0.2, 0.25) is 0 Å². The number of ketones is 1. The highest BCUT2D eigenvalue weighted by Crippen LogP contribution is 2.26. The Morgan fingerprint density at radius 2 is 2.12 bits per heavy atom. The van der Waals surface area contributed by atoms with Crippen LogP contribution in [0.25, 0.3) is 0 Å². The molecule has 0 radical (unpaired) electrons. The zero-order valence-electron chi connectivity index (χ0n) is 10.4. The first-order valence-electron chi connectivity index (χ1n) is 6.40. The van der Waals surface area contributed by atoms with Crippen molar-refractivity contribution < 1.29 is 4.79 Å². The van der Waals surface area contributed by atoms with Crippen LogP contribution in [0.4, 0.5) is 0 Å². The van der Waals surface area contributed by atoms with Gasteiger partial charge in [-0.2, -0.15) is 0 Å². The molecule has 2 atom stereocenters. The van der Waals surface area contributed by atoms with Crippen LogP contribution in [0.15, 0.2) is 18.5 Å². The number of carbonyl (C=O) groups excluding carboxylic acids is 1. The smallest absolute Gasteiger partial charge is 0.169 e. The Morgan fingerprint density at radius 1 is 1.35 bits per heavy atom. The van der Waals surface area contributed by atoms with Crippen LogP contribution >= 0.6 is 0 Å². The van der Waals surface area contributed by atoms with E-state index in [-0.39, 0.29) is 17.7 Å². The van der Waals surface area contributed by atoms with E-state index in [1.807, 2.05) is 13.0 Å². The quantitative estimate of drug-likeness (QED) is 0.629. The summed E-state index contributed by atoms with van der Waals surface area (Å²) in [7, 11) is 0. The fourth-order valence-electron chi connectivity index (χ4n) is 2.58. The second-order valence-electron chi connectivity index (χ2n) is 4.96. The third-order valence-corrected chi connectivity index (χ3v) is 3.71. The van der Waals surface area contributed by atoms with E-state index in [0.717, 1.165) is 36.8 Å². The van der Waals surface area contributed by atoms with Crippen molar-refractivity contribution >= 4 is 5.78 Å². The minimum absolute atomic E-state index is 0.0135. The molecule has 0 aliphatic heterocycles. The molecule has 1 fully saturated rings. The van der Waals surface area contributed by atoms with Crippen LogP contribution < -0.4 is 5.73 Å². The highest BCUT2D eigenvalue weighted by Gasteiger charge is 2.28. The van der Waals surface area contributed by atoms with Gasteiger partial charge in [0.1, 0.15) is 0 Å². The molecule has 1 aromatic heterocycles. The predicted octanol–water partition coefficient (Wildman–Crippen LogP) is 2.48. The van der Waals surface area contributed by atoms with Crippen molar-refractivity contribution in [2.45, 2.75) is 45.1 Å². The topological polar surface area (TPSA) is 56.0 Å². The molecule has 2 unspecified atom stereocenters. The highest BCUT2D eigenvalue weighted by atomic mass is 16.1. The average molecular weight is 232 g/mol. The minimum atomic E-state index is -0.0135. The number of hydrogen-bond acceptors (Lipinski definition) is 3. The number of aryl methyl sites for hydroxylation is 1. The second-order valence-corrected chi connectivity index (χ2v) is 4.96. The first kappa shape index (κ1) is 12.2. The number of pyridine rings is 1. The third kappa shape index (κ3) is 2.72. The van der Waals surface area contributed by atoms with Gasteiger partial charge in [-0.25, -0.2) is 0 Å². The Morgan fingerprint density at radius 3 is 2.88 bits per heavy atom. The van der Waals surface area contributed by atoms with Crippen LogP contribution in [0.1, 0.15) is 48.0 Å². The number of hydrogen-bond donors (Lipinski definition) is 1. The van der Waals surface area contributed by atoms with E-state index < -0.39 is 0 Å². The van der Waals surface area contributed by atoms with Crippen molar-refractivity contribution in [3.8, 4) is 0 Å². The lowest BCUT2D eigenvalue weighted by Gasteiger charge is -2.20. The minimum Gasteiger partial charge on any atom is -0.327 e. The molecule has 1 aromatic rings. The molecule has 2 rings (SSSR count). The monoisotopic (exact) mass is 232 g/mol. The van der Waals surface area contributed by atoms with E-state index in [0.29, 0.717) is 0 Å². The van der Waals surface area contributed by atoms with Gasteiger partial charge in [-0.3, -0.25) is 9.78 Å². The molecular weight excluding hydrogens is 212 g/mol. The largest absolute Gasteiger partial charge is 0.327 e. The SMILES string of the molecule is Cc1ccncc1C(=O)C1CCCCCC1N. The van der Waals surface area contributed by atoms with E-state index in [9.17, 15) is 4.79 Å². The molecule has 1 aliphatic carbocycles. The van der Waals surface area contributed by atoms with Gasteiger partial charge in [0.05, 0.1) is 0 Å². The van der Waals surface area contributed by atoms with Crippen molar-refractivity contribution in [1.29, 1.82) is 0 Å². The van der Waals surface area contributed by atoms with Crippen LogP contribution in [0, 0.1) is 12.8 Å². The molecular formula is C14H20N2O. The predicted molar refractivity (Wildman–Crippen MR) is 67.9 cm³/mol. The molecule has 17 heavy (non-hydrogen) atoms. The van der Waals surface area contributed by atoms with Gasteiger partial charge in [-0.15, -0.1) is 0 Å². The normalized spacial score (nSPS) is 25.3. The van der Waals surface area contributed by atoms with Gasteiger partial charge in [0.15, 0.2) is 5.78 Å². The molecule has 0 amide bonds. The standard InChI is InChI=1S/C14H20N2O/c1-10-7-8-16-9-12(10)14(17)11-5-3-2-4-6-13(11)15/h7-9,11,13H,2-6,15H2,1H3. The Bertz CT molecular complexity index is 403. The summed E-state index contributed by atoms with van der Waals surface area (Å²) < 4.78 is 0. The first-order valence-corrected chi connectivity index (χ1v) is 6.40. The van der Waals surface area contributed by atoms with Crippen LogP contribution in [0.3, 0.4) is 0 Å². The van der Waals surface area contributed by atoms with Crippen molar-refractivity contribution in [2.75, 3.05) is 0 Å². The number of rotatable bonds is 2. The van der Waals surface area contributed by atoms with Crippen molar-refractivity contribution in [1.82, 2.24) is 4.98 Å². The molecule has 0 bridgehead atoms. The zero-order valence-corrected chi connectivity index (χ0v) is 10.4. The lowest BCUT2D eigenvalue weighted by molar-refractivity contribution is 0.0893. The Kier molecular flexibility index (Phi) is 3.89.